The summed E-state index contributed by atoms with van der Waals surface area (Å²) in [4.78, 5) is 14.2. The third-order valence-corrected chi connectivity index (χ3v) is 3.44. The monoisotopic (exact) mass is 280 g/mol. The van der Waals surface area contributed by atoms with Gasteiger partial charge in [-0.25, -0.2) is 4.68 Å². The second-order valence-electron chi connectivity index (χ2n) is 5.76. The van der Waals surface area contributed by atoms with Gasteiger partial charge < -0.3 is 15.0 Å². The third-order valence-electron chi connectivity index (χ3n) is 3.44. The Balaban J connectivity index is 2.06. The highest BCUT2D eigenvalue weighted by atomic mass is 16.5. The van der Waals surface area contributed by atoms with Crippen LogP contribution in [0.25, 0.3) is 0 Å². The molecule has 2 heterocycles. The summed E-state index contributed by atoms with van der Waals surface area (Å²) in [5, 5.41) is 7.33. The average molecular weight is 280 g/mol. The van der Waals surface area contributed by atoms with Crippen molar-refractivity contribution in [2.24, 2.45) is 0 Å². The van der Waals surface area contributed by atoms with Crippen LogP contribution in [-0.2, 0) is 11.3 Å². The fourth-order valence-corrected chi connectivity index (χ4v) is 2.41. The average Bonchev–Trinajstić information content (AvgIpc) is 2.39. The molecular weight excluding hydrogens is 256 g/mol. The summed E-state index contributed by atoms with van der Waals surface area (Å²) in [7, 11) is 1.90. The number of hydrogen-bond acceptors (Lipinski definition) is 5. The largest absolute Gasteiger partial charge is 0.372 e. The molecule has 1 fully saturated rings. The molecule has 1 saturated heterocycles. The van der Waals surface area contributed by atoms with Crippen LogP contribution in [-0.4, -0.2) is 48.7 Å². The summed E-state index contributed by atoms with van der Waals surface area (Å²) in [6, 6.07) is 1.67. The first-order valence-electron chi connectivity index (χ1n) is 7.12. The van der Waals surface area contributed by atoms with Crippen molar-refractivity contribution in [1.29, 1.82) is 0 Å². The molecule has 0 unspecified atom stereocenters. The second-order valence-corrected chi connectivity index (χ2v) is 5.76. The Morgan fingerprint density at radius 2 is 2.30 bits per heavy atom. The summed E-state index contributed by atoms with van der Waals surface area (Å²) in [5.74, 6) is 0. The summed E-state index contributed by atoms with van der Waals surface area (Å²) < 4.78 is 7.20. The van der Waals surface area contributed by atoms with Crippen molar-refractivity contribution in [1.82, 2.24) is 15.1 Å². The van der Waals surface area contributed by atoms with Crippen LogP contribution in [0.3, 0.4) is 0 Å². The minimum absolute atomic E-state index is 0.0390. The van der Waals surface area contributed by atoms with Crippen LogP contribution in [0.5, 0.6) is 0 Å². The first kappa shape index (κ1) is 15.0. The summed E-state index contributed by atoms with van der Waals surface area (Å²) >= 11 is 0. The molecule has 0 aromatic carbocycles. The molecule has 1 N–H and O–H groups in total. The second kappa shape index (κ2) is 6.37. The summed E-state index contributed by atoms with van der Waals surface area (Å²) in [5.41, 5.74) is 0.666. The van der Waals surface area contributed by atoms with Crippen molar-refractivity contribution >= 4 is 5.69 Å². The zero-order chi connectivity index (χ0) is 14.6. The van der Waals surface area contributed by atoms with E-state index in [2.05, 4.69) is 29.2 Å². The first-order valence-corrected chi connectivity index (χ1v) is 7.12. The molecule has 1 aromatic rings. The van der Waals surface area contributed by atoms with Gasteiger partial charge in [-0.2, -0.15) is 5.10 Å². The van der Waals surface area contributed by atoms with Gasteiger partial charge in [0.05, 0.1) is 24.1 Å². The van der Waals surface area contributed by atoms with E-state index < -0.39 is 0 Å². The zero-order valence-electron chi connectivity index (χ0n) is 12.6. The molecule has 0 spiro atoms. The molecule has 20 heavy (non-hydrogen) atoms. The lowest BCUT2D eigenvalue weighted by Gasteiger charge is -2.39. The summed E-state index contributed by atoms with van der Waals surface area (Å²) in [6.07, 6.45) is 2.68. The SMILES string of the molecule is CNCCCn1ncc(N2CCOC(C)(C)C2)cc1=O. The Hall–Kier alpha value is -1.40. The van der Waals surface area contributed by atoms with E-state index in [0.717, 1.165) is 31.7 Å². The molecule has 6 nitrogen and oxygen atoms in total. The third kappa shape index (κ3) is 3.80. The van der Waals surface area contributed by atoms with Crippen molar-refractivity contribution in [2.45, 2.75) is 32.4 Å². The zero-order valence-corrected chi connectivity index (χ0v) is 12.6. The number of anilines is 1. The van der Waals surface area contributed by atoms with Crippen LogP contribution in [0.15, 0.2) is 17.1 Å². The van der Waals surface area contributed by atoms with Crippen LogP contribution >= 0.6 is 0 Å². The van der Waals surface area contributed by atoms with E-state index in [-0.39, 0.29) is 11.2 Å². The Bertz CT molecular complexity index is 498. The van der Waals surface area contributed by atoms with Crippen molar-refractivity contribution in [3.8, 4) is 0 Å². The smallest absolute Gasteiger partial charge is 0.268 e. The van der Waals surface area contributed by atoms with Gasteiger partial charge >= 0.3 is 0 Å². The van der Waals surface area contributed by atoms with Crippen molar-refractivity contribution in [2.75, 3.05) is 38.2 Å². The maximum absolute atomic E-state index is 12.1. The van der Waals surface area contributed by atoms with Crippen molar-refractivity contribution in [3.05, 3.63) is 22.6 Å². The van der Waals surface area contributed by atoms with E-state index in [1.807, 2.05) is 7.05 Å². The quantitative estimate of drug-likeness (QED) is 0.795. The Morgan fingerprint density at radius 3 is 2.95 bits per heavy atom. The number of morpholine rings is 1. The molecule has 0 bridgehead atoms. The van der Waals surface area contributed by atoms with Crippen LogP contribution < -0.4 is 15.8 Å². The van der Waals surface area contributed by atoms with Gasteiger partial charge in [0.1, 0.15) is 0 Å². The molecule has 2 rings (SSSR count). The predicted octanol–water partition coefficient (Wildman–Crippen LogP) is 0.468. The van der Waals surface area contributed by atoms with E-state index in [4.69, 9.17) is 4.74 Å². The molecule has 0 atom stereocenters. The molecule has 1 aliphatic heterocycles. The van der Waals surface area contributed by atoms with Crippen LogP contribution in [0, 0.1) is 0 Å². The maximum atomic E-state index is 12.1. The van der Waals surface area contributed by atoms with E-state index in [1.54, 1.807) is 12.3 Å². The lowest BCUT2D eigenvalue weighted by Crippen LogP contribution is -2.48. The minimum atomic E-state index is -0.181. The van der Waals surface area contributed by atoms with Gasteiger partial charge in [-0.1, -0.05) is 0 Å². The normalized spacial score (nSPS) is 18.2. The van der Waals surface area contributed by atoms with Crippen LogP contribution in [0.2, 0.25) is 0 Å². The van der Waals surface area contributed by atoms with Gasteiger partial charge in [0.2, 0.25) is 0 Å². The number of rotatable bonds is 5. The van der Waals surface area contributed by atoms with Gasteiger partial charge in [0.25, 0.3) is 5.56 Å². The highest BCUT2D eigenvalue weighted by molar-refractivity contribution is 5.43. The molecule has 0 aliphatic carbocycles. The molecule has 0 amide bonds. The van der Waals surface area contributed by atoms with Gasteiger partial charge in [-0.15, -0.1) is 0 Å². The summed E-state index contributed by atoms with van der Waals surface area (Å²) in [6.45, 7) is 7.91. The fraction of sp³-hybridized carbons (Fsp3) is 0.714. The number of aryl methyl sites for hydroxylation is 1. The highest BCUT2D eigenvalue weighted by Crippen LogP contribution is 2.21. The minimum Gasteiger partial charge on any atom is -0.372 e. The van der Waals surface area contributed by atoms with E-state index >= 15 is 0 Å². The van der Waals surface area contributed by atoms with E-state index in [0.29, 0.717) is 13.2 Å². The molecule has 1 aliphatic rings. The molecule has 112 valence electrons. The number of aromatic nitrogens is 2. The predicted molar refractivity (Wildman–Crippen MR) is 79.3 cm³/mol. The molecular formula is C14H24N4O2. The Morgan fingerprint density at radius 1 is 1.50 bits per heavy atom. The van der Waals surface area contributed by atoms with Crippen LogP contribution in [0.4, 0.5) is 5.69 Å². The van der Waals surface area contributed by atoms with Crippen molar-refractivity contribution < 1.29 is 4.74 Å². The number of hydrogen-bond donors (Lipinski definition) is 1. The van der Waals surface area contributed by atoms with Crippen molar-refractivity contribution in [3.63, 3.8) is 0 Å². The lowest BCUT2D eigenvalue weighted by atomic mass is 10.1. The van der Waals surface area contributed by atoms with Gasteiger partial charge in [-0.3, -0.25) is 4.79 Å². The molecule has 6 heteroatoms. The first-order chi connectivity index (χ1) is 9.52. The topological polar surface area (TPSA) is 59.4 Å². The number of ether oxygens (including phenoxy) is 1. The number of nitrogens with one attached hydrogen (secondary N) is 1. The number of nitrogens with zero attached hydrogens (tertiary/aromatic N) is 3. The standard InChI is InChI=1S/C14H24N4O2/c1-14(2)11-17(7-8-20-14)12-9-13(19)18(16-10-12)6-4-5-15-3/h9-10,15H,4-8,11H2,1-3H3. The maximum Gasteiger partial charge on any atom is 0.268 e. The lowest BCUT2D eigenvalue weighted by molar-refractivity contribution is -0.0277. The molecule has 0 radical (unpaired) electrons. The Labute approximate surface area is 119 Å². The van der Waals surface area contributed by atoms with Crippen LogP contribution in [0.1, 0.15) is 20.3 Å². The fourth-order valence-electron chi connectivity index (χ4n) is 2.41. The molecule has 0 saturated carbocycles. The van der Waals surface area contributed by atoms with Gasteiger partial charge in [0, 0.05) is 25.7 Å². The van der Waals surface area contributed by atoms with E-state index in [1.165, 1.54) is 4.68 Å². The van der Waals surface area contributed by atoms with E-state index in [9.17, 15) is 4.79 Å². The molecule has 1 aromatic heterocycles. The highest BCUT2D eigenvalue weighted by Gasteiger charge is 2.27. The Kier molecular flexibility index (Phi) is 4.77. The van der Waals surface area contributed by atoms with Gasteiger partial charge in [-0.05, 0) is 33.9 Å². The van der Waals surface area contributed by atoms with Gasteiger partial charge in [0.15, 0.2) is 0 Å².